The average Bonchev–Trinajstić information content (AvgIpc) is 2.32. The molecule has 5 heteroatoms. The molecule has 1 aromatic rings. The van der Waals surface area contributed by atoms with Gasteiger partial charge in [-0.05, 0) is 37.8 Å². The number of benzene rings is 1. The third-order valence-corrected chi connectivity index (χ3v) is 5.80. The van der Waals surface area contributed by atoms with Crippen molar-refractivity contribution >= 4 is 10.0 Å². The summed E-state index contributed by atoms with van der Waals surface area (Å²) >= 11 is 0. The maximum absolute atomic E-state index is 12.5. The fraction of sp³-hybridized carbons (Fsp3) is 0.538. The summed E-state index contributed by atoms with van der Waals surface area (Å²) in [6.07, 6.45) is 1.92. The van der Waals surface area contributed by atoms with Gasteiger partial charge in [0.2, 0.25) is 10.0 Å². The number of nitrogens with zero attached hydrogens (tertiary/aromatic N) is 1. The molecule has 1 aliphatic rings. The van der Waals surface area contributed by atoms with E-state index in [1.54, 1.807) is 12.1 Å². The average molecular weight is 269 g/mol. The van der Waals surface area contributed by atoms with Gasteiger partial charge in [-0.2, -0.15) is 4.31 Å². The summed E-state index contributed by atoms with van der Waals surface area (Å²) in [5.74, 6) is 0.169. The lowest BCUT2D eigenvalue weighted by molar-refractivity contribution is 0.202. The number of hydrogen-bond acceptors (Lipinski definition) is 3. The summed E-state index contributed by atoms with van der Waals surface area (Å²) < 4.78 is 26.6. The lowest BCUT2D eigenvalue weighted by Crippen LogP contribution is -2.45. The Balaban J connectivity index is 2.40. The summed E-state index contributed by atoms with van der Waals surface area (Å²) in [5, 5.41) is 9.72. The number of rotatable bonds is 2. The number of aromatic hydroxyl groups is 1. The molecule has 18 heavy (non-hydrogen) atoms. The number of phenols is 1. The molecular formula is C13H19NO3S. The predicted octanol–water partition coefficient (Wildman–Crippen LogP) is 2.20. The van der Waals surface area contributed by atoms with Gasteiger partial charge >= 0.3 is 0 Å². The molecule has 1 heterocycles. The fourth-order valence-electron chi connectivity index (χ4n) is 2.44. The Labute approximate surface area is 108 Å². The van der Waals surface area contributed by atoms with Crippen LogP contribution in [0.2, 0.25) is 0 Å². The van der Waals surface area contributed by atoms with Gasteiger partial charge in [0.25, 0.3) is 0 Å². The monoisotopic (exact) mass is 269 g/mol. The molecule has 0 amide bonds. The first-order valence-electron chi connectivity index (χ1n) is 6.24. The summed E-state index contributed by atoms with van der Waals surface area (Å²) in [7, 11) is -3.59. The third kappa shape index (κ3) is 2.24. The Kier molecular flexibility index (Phi) is 3.64. The van der Waals surface area contributed by atoms with E-state index in [4.69, 9.17) is 0 Å². The highest BCUT2D eigenvalue weighted by Gasteiger charge is 2.35. The molecule has 1 aliphatic heterocycles. The van der Waals surface area contributed by atoms with Crippen molar-refractivity contribution in [3.8, 4) is 5.75 Å². The van der Waals surface area contributed by atoms with Crippen LogP contribution in [0.1, 0.15) is 26.7 Å². The predicted molar refractivity (Wildman–Crippen MR) is 69.9 cm³/mol. The normalized spacial score (nSPS) is 26.1. The summed E-state index contributed by atoms with van der Waals surface area (Å²) in [6, 6.07) is 6.09. The number of piperidine rings is 1. The largest absolute Gasteiger partial charge is 0.507 e. The van der Waals surface area contributed by atoms with Gasteiger partial charge in [-0.3, -0.25) is 0 Å². The van der Waals surface area contributed by atoms with Crippen LogP contribution in [0.4, 0.5) is 0 Å². The van der Waals surface area contributed by atoms with Crippen LogP contribution < -0.4 is 0 Å². The lowest BCUT2D eigenvalue weighted by Gasteiger charge is -2.36. The Morgan fingerprint density at radius 3 is 2.61 bits per heavy atom. The van der Waals surface area contributed by atoms with Crippen LogP contribution in [0.15, 0.2) is 29.2 Å². The Morgan fingerprint density at radius 2 is 1.94 bits per heavy atom. The molecule has 0 saturated carbocycles. The second kappa shape index (κ2) is 4.90. The molecule has 4 nitrogen and oxygen atoms in total. The van der Waals surface area contributed by atoms with Crippen molar-refractivity contribution in [1.29, 1.82) is 0 Å². The van der Waals surface area contributed by atoms with Crippen molar-refractivity contribution < 1.29 is 13.5 Å². The summed E-state index contributed by atoms with van der Waals surface area (Å²) in [4.78, 5) is 0.00551. The molecule has 100 valence electrons. The van der Waals surface area contributed by atoms with Crippen LogP contribution in [0.25, 0.3) is 0 Å². The zero-order chi connectivity index (χ0) is 13.3. The van der Waals surface area contributed by atoms with Crippen LogP contribution >= 0.6 is 0 Å². The Hall–Kier alpha value is -1.07. The van der Waals surface area contributed by atoms with Crippen LogP contribution in [-0.4, -0.2) is 30.4 Å². The molecule has 1 N–H and O–H groups in total. The van der Waals surface area contributed by atoms with E-state index in [1.807, 2.05) is 6.92 Å². The molecule has 1 aromatic carbocycles. The van der Waals surface area contributed by atoms with E-state index in [1.165, 1.54) is 16.4 Å². The molecule has 0 bridgehead atoms. The zero-order valence-corrected chi connectivity index (χ0v) is 11.5. The quantitative estimate of drug-likeness (QED) is 0.895. The van der Waals surface area contributed by atoms with Gasteiger partial charge in [0.05, 0.1) is 0 Å². The standard InChI is InChI=1S/C13H19NO3S/c1-10-6-5-9-14(11(10)2)18(16,17)13-8-4-3-7-12(13)15/h3-4,7-8,10-11,15H,5-6,9H2,1-2H3. The topological polar surface area (TPSA) is 57.6 Å². The molecule has 0 aromatic heterocycles. The molecule has 0 spiro atoms. The second-order valence-electron chi connectivity index (χ2n) is 4.94. The van der Waals surface area contributed by atoms with Gasteiger partial charge in [0.15, 0.2) is 0 Å². The van der Waals surface area contributed by atoms with Gasteiger partial charge in [-0.15, -0.1) is 0 Å². The fourth-order valence-corrected chi connectivity index (χ4v) is 4.29. The molecule has 0 radical (unpaired) electrons. The van der Waals surface area contributed by atoms with Crippen LogP contribution in [0, 0.1) is 5.92 Å². The van der Waals surface area contributed by atoms with Gasteiger partial charge in [0.1, 0.15) is 10.6 Å². The zero-order valence-electron chi connectivity index (χ0n) is 10.7. The Morgan fingerprint density at radius 1 is 1.28 bits per heavy atom. The maximum Gasteiger partial charge on any atom is 0.246 e. The minimum atomic E-state index is -3.59. The Bertz CT molecular complexity index is 527. The molecule has 0 aliphatic carbocycles. The van der Waals surface area contributed by atoms with E-state index < -0.39 is 10.0 Å². The van der Waals surface area contributed by atoms with E-state index in [-0.39, 0.29) is 16.7 Å². The molecule has 2 unspecified atom stereocenters. The minimum Gasteiger partial charge on any atom is -0.507 e. The van der Waals surface area contributed by atoms with Crippen molar-refractivity contribution in [2.24, 2.45) is 5.92 Å². The number of para-hydroxylation sites is 1. The first-order valence-corrected chi connectivity index (χ1v) is 7.68. The molecule has 1 fully saturated rings. The molecule has 2 rings (SSSR count). The van der Waals surface area contributed by atoms with Gasteiger partial charge in [0, 0.05) is 12.6 Å². The van der Waals surface area contributed by atoms with E-state index in [9.17, 15) is 13.5 Å². The van der Waals surface area contributed by atoms with Gasteiger partial charge in [-0.25, -0.2) is 8.42 Å². The van der Waals surface area contributed by atoms with Crippen molar-refractivity contribution in [1.82, 2.24) is 4.31 Å². The van der Waals surface area contributed by atoms with Gasteiger partial charge in [-0.1, -0.05) is 19.1 Å². The number of hydrogen-bond donors (Lipinski definition) is 1. The summed E-state index contributed by atoms with van der Waals surface area (Å²) in [6.45, 7) is 4.53. The second-order valence-corrected chi connectivity index (χ2v) is 6.80. The first kappa shape index (κ1) is 13.4. The third-order valence-electron chi connectivity index (χ3n) is 3.77. The summed E-state index contributed by atoms with van der Waals surface area (Å²) in [5.41, 5.74) is 0. The van der Waals surface area contributed by atoms with Crippen LogP contribution in [0.5, 0.6) is 5.75 Å². The lowest BCUT2D eigenvalue weighted by atomic mass is 9.94. The van der Waals surface area contributed by atoms with E-state index >= 15 is 0 Å². The smallest absolute Gasteiger partial charge is 0.246 e. The van der Waals surface area contributed by atoms with E-state index in [0.29, 0.717) is 12.5 Å². The van der Waals surface area contributed by atoms with E-state index in [2.05, 4.69) is 6.92 Å². The maximum atomic E-state index is 12.5. The number of sulfonamides is 1. The molecule has 1 saturated heterocycles. The van der Waals surface area contributed by atoms with Crippen LogP contribution in [-0.2, 0) is 10.0 Å². The molecule has 2 atom stereocenters. The minimum absolute atomic E-state index is 0.00551. The first-order chi connectivity index (χ1) is 8.44. The highest BCUT2D eigenvalue weighted by atomic mass is 32.2. The van der Waals surface area contributed by atoms with Crippen molar-refractivity contribution in [3.63, 3.8) is 0 Å². The van der Waals surface area contributed by atoms with Gasteiger partial charge < -0.3 is 5.11 Å². The van der Waals surface area contributed by atoms with Crippen LogP contribution in [0.3, 0.4) is 0 Å². The highest BCUT2D eigenvalue weighted by molar-refractivity contribution is 7.89. The highest BCUT2D eigenvalue weighted by Crippen LogP contribution is 2.31. The van der Waals surface area contributed by atoms with Crippen molar-refractivity contribution in [3.05, 3.63) is 24.3 Å². The van der Waals surface area contributed by atoms with Crippen molar-refractivity contribution in [2.75, 3.05) is 6.54 Å². The van der Waals surface area contributed by atoms with E-state index in [0.717, 1.165) is 12.8 Å². The molecular weight excluding hydrogens is 250 g/mol. The SMILES string of the molecule is CC1CCCN(S(=O)(=O)c2ccccc2O)C1C. The number of phenolic OH excluding ortho intramolecular Hbond substituents is 1. The van der Waals surface area contributed by atoms with Crippen molar-refractivity contribution in [2.45, 2.75) is 37.6 Å².